The minimum atomic E-state index is -0.461. The average Bonchev–Trinajstić information content (AvgIpc) is 2.99. The summed E-state index contributed by atoms with van der Waals surface area (Å²) in [6.07, 6.45) is 1.86. The number of nitrogens with zero attached hydrogens (tertiary/aromatic N) is 2. The van der Waals surface area contributed by atoms with E-state index in [1.165, 1.54) is 17.8 Å². The van der Waals surface area contributed by atoms with Crippen molar-refractivity contribution in [2.75, 3.05) is 26.2 Å². The number of carbonyl (C=O) groups excluding carboxylic acids is 1. The van der Waals surface area contributed by atoms with Crippen molar-refractivity contribution >= 4 is 5.91 Å². The number of hydrogen-bond acceptors (Lipinski definition) is 4. The van der Waals surface area contributed by atoms with Crippen molar-refractivity contribution in [3.8, 4) is 0 Å². The summed E-state index contributed by atoms with van der Waals surface area (Å²) in [5, 5.41) is 10.6. The van der Waals surface area contributed by atoms with Crippen molar-refractivity contribution in [2.24, 2.45) is 0 Å². The number of aliphatic hydroxyl groups excluding tert-OH is 1. The molecule has 130 valence electrons. The number of hydrogen-bond donors (Lipinski definition) is 2. The van der Waals surface area contributed by atoms with E-state index < -0.39 is 6.10 Å². The minimum Gasteiger partial charge on any atom is -0.387 e. The van der Waals surface area contributed by atoms with Crippen LogP contribution in [-0.4, -0.2) is 58.0 Å². The van der Waals surface area contributed by atoms with E-state index in [1.807, 2.05) is 18.2 Å². The van der Waals surface area contributed by atoms with Gasteiger partial charge in [0, 0.05) is 44.5 Å². The van der Waals surface area contributed by atoms with Gasteiger partial charge in [-0.1, -0.05) is 24.3 Å². The number of carbonyl (C=O) groups is 1. The lowest BCUT2D eigenvalue weighted by molar-refractivity contribution is 0.0255. The summed E-state index contributed by atoms with van der Waals surface area (Å²) in [6.45, 7) is 2.73. The van der Waals surface area contributed by atoms with Crippen LogP contribution in [-0.2, 0) is 6.42 Å². The Balaban J connectivity index is 1.40. The molecule has 6 heteroatoms. The molecule has 1 aromatic carbocycles. The summed E-state index contributed by atoms with van der Waals surface area (Å²) in [5.41, 5.74) is 2.53. The number of fused-ring (bicyclic) bond motifs is 1. The van der Waals surface area contributed by atoms with Gasteiger partial charge in [-0.2, -0.15) is 0 Å². The molecule has 1 aliphatic carbocycles. The summed E-state index contributed by atoms with van der Waals surface area (Å²) in [6, 6.07) is 11.1. The van der Waals surface area contributed by atoms with E-state index in [4.69, 9.17) is 0 Å². The van der Waals surface area contributed by atoms with Gasteiger partial charge in [-0.15, -0.1) is 0 Å². The highest BCUT2D eigenvalue weighted by Crippen LogP contribution is 2.34. The molecule has 0 spiro atoms. The lowest BCUT2D eigenvalue weighted by atomic mass is 10.1. The first-order chi connectivity index (χ1) is 12.1. The monoisotopic (exact) mass is 339 g/mol. The van der Waals surface area contributed by atoms with Gasteiger partial charge in [0.25, 0.3) is 5.91 Å². The van der Waals surface area contributed by atoms with Gasteiger partial charge in [0.2, 0.25) is 5.56 Å². The molecule has 0 bridgehead atoms. The van der Waals surface area contributed by atoms with Crippen LogP contribution in [0.1, 0.15) is 27.6 Å². The van der Waals surface area contributed by atoms with Crippen LogP contribution < -0.4 is 5.56 Å². The predicted molar refractivity (Wildman–Crippen MR) is 93.4 cm³/mol. The zero-order chi connectivity index (χ0) is 17.4. The summed E-state index contributed by atoms with van der Waals surface area (Å²) in [5.74, 6) is -0.0637. The molecule has 2 aromatic rings. The zero-order valence-electron chi connectivity index (χ0n) is 13.9. The number of piperazine rings is 1. The number of nitrogens with one attached hydrogen (secondary N) is 1. The fraction of sp³-hybridized carbons (Fsp3) is 0.368. The molecule has 1 saturated heterocycles. The van der Waals surface area contributed by atoms with E-state index in [1.54, 1.807) is 11.0 Å². The molecule has 2 heterocycles. The maximum absolute atomic E-state index is 12.5. The Hall–Kier alpha value is -2.44. The Morgan fingerprint density at radius 2 is 1.84 bits per heavy atom. The van der Waals surface area contributed by atoms with Crippen LogP contribution in [0.5, 0.6) is 0 Å². The van der Waals surface area contributed by atoms with E-state index in [0.29, 0.717) is 18.7 Å². The molecule has 0 radical (unpaired) electrons. The Kier molecular flexibility index (Phi) is 4.15. The second kappa shape index (κ2) is 6.46. The molecule has 1 fully saturated rings. The largest absolute Gasteiger partial charge is 0.387 e. The standard InChI is InChI=1S/C19H21N3O3/c23-17-6-5-14(12-20-17)19(25)22-9-7-21(8-10-22)16-11-13-3-1-2-4-15(13)18(16)24/h1-6,12,16,18,24H,7-11H2,(H,20,23). The van der Waals surface area contributed by atoms with E-state index in [-0.39, 0.29) is 17.5 Å². The highest BCUT2D eigenvalue weighted by atomic mass is 16.3. The Bertz CT molecular complexity index is 819. The van der Waals surface area contributed by atoms with Crippen molar-refractivity contribution in [3.63, 3.8) is 0 Å². The minimum absolute atomic E-state index is 0.0637. The molecule has 0 saturated carbocycles. The molecule has 25 heavy (non-hydrogen) atoms. The number of rotatable bonds is 2. The van der Waals surface area contributed by atoms with Crippen LogP contribution in [0.2, 0.25) is 0 Å². The number of aromatic nitrogens is 1. The molecule has 6 nitrogen and oxygen atoms in total. The zero-order valence-corrected chi connectivity index (χ0v) is 13.9. The second-order valence-electron chi connectivity index (χ2n) is 6.68. The normalized spacial score (nSPS) is 23.5. The van der Waals surface area contributed by atoms with Crippen molar-refractivity contribution < 1.29 is 9.90 Å². The van der Waals surface area contributed by atoms with Crippen molar-refractivity contribution in [3.05, 3.63) is 69.6 Å². The van der Waals surface area contributed by atoms with Gasteiger partial charge in [0.15, 0.2) is 0 Å². The van der Waals surface area contributed by atoms with Crippen molar-refractivity contribution in [1.29, 1.82) is 0 Å². The van der Waals surface area contributed by atoms with Gasteiger partial charge in [0.1, 0.15) is 0 Å². The van der Waals surface area contributed by atoms with Crippen LogP contribution in [0.15, 0.2) is 47.4 Å². The van der Waals surface area contributed by atoms with Crippen LogP contribution >= 0.6 is 0 Å². The first-order valence-corrected chi connectivity index (χ1v) is 8.61. The third-order valence-electron chi connectivity index (χ3n) is 5.27. The van der Waals surface area contributed by atoms with E-state index in [2.05, 4.69) is 16.0 Å². The summed E-state index contributed by atoms with van der Waals surface area (Å²) in [4.78, 5) is 30.3. The number of pyridine rings is 1. The van der Waals surface area contributed by atoms with Crippen molar-refractivity contribution in [1.82, 2.24) is 14.8 Å². The Morgan fingerprint density at radius 1 is 1.08 bits per heavy atom. The Morgan fingerprint density at radius 3 is 2.52 bits per heavy atom. The smallest absolute Gasteiger partial charge is 0.255 e. The molecule has 4 rings (SSSR count). The van der Waals surface area contributed by atoms with Gasteiger partial charge in [0.05, 0.1) is 11.7 Å². The summed E-state index contributed by atoms with van der Waals surface area (Å²) < 4.78 is 0. The van der Waals surface area contributed by atoms with Crippen LogP contribution in [0.25, 0.3) is 0 Å². The van der Waals surface area contributed by atoms with E-state index >= 15 is 0 Å². The average molecular weight is 339 g/mol. The molecule has 1 amide bonds. The van der Waals surface area contributed by atoms with Crippen molar-refractivity contribution in [2.45, 2.75) is 18.6 Å². The van der Waals surface area contributed by atoms with Gasteiger partial charge < -0.3 is 15.0 Å². The fourth-order valence-corrected chi connectivity index (χ4v) is 3.86. The molecular weight excluding hydrogens is 318 g/mol. The molecule has 2 atom stereocenters. The molecule has 1 aliphatic heterocycles. The van der Waals surface area contributed by atoms with Gasteiger partial charge in [-0.3, -0.25) is 14.5 Å². The third-order valence-corrected chi connectivity index (χ3v) is 5.27. The molecule has 2 aliphatic rings. The van der Waals surface area contributed by atoms with Crippen LogP contribution in [0.4, 0.5) is 0 Å². The maximum atomic E-state index is 12.5. The molecule has 1 aromatic heterocycles. The lowest BCUT2D eigenvalue weighted by Crippen LogP contribution is -2.53. The molecular formula is C19H21N3O3. The number of amides is 1. The highest BCUT2D eigenvalue weighted by molar-refractivity contribution is 5.93. The number of aromatic amines is 1. The fourth-order valence-electron chi connectivity index (χ4n) is 3.86. The third kappa shape index (κ3) is 2.99. The maximum Gasteiger partial charge on any atom is 0.255 e. The summed E-state index contributed by atoms with van der Waals surface area (Å²) >= 11 is 0. The van der Waals surface area contributed by atoms with Gasteiger partial charge in [-0.05, 0) is 23.6 Å². The SMILES string of the molecule is O=C(c1ccc(=O)[nH]c1)N1CCN(C2Cc3ccccc3C2O)CC1. The van der Waals surface area contributed by atoms with Crippen LogP contribution in [0.3, 0.4) is 0 Å². The quantitative estimate of drug-likeness (QED) is 0.848. The van der Waals surface area contributed by atoms with Crippen LogP contribution in [0, 0.1) is 0 Å². The highest BCUT2D eigenvalue weighted by Gasteiger charge is 2.36. The number of benzene rings is 1. The number of aliphatic hydroxyl groups is 1. The topological polar surface area (TPSA) is 76.6 Å². The molecule has 2 N–H and O–H groups in total. The van der Waals surface area contributed by atoms with Gasteiger partial charge >= 0.3 is 0 Å². The Labute approximate surface area is 145 Å². The van der Waals surface area contributed by atoms with E-state index in [0.717, 1.165) is 25.1 Å². The second-order valence-corrected chi connectivity index (χ2v) is 6.68. The molecule has 2 unspecified atom stereocenters. The van der Waals surface area contributed by atoms with Gasteiger partial charge in [-0.25, -0.2) is 0 Å². The number of H-pyrrole nitrogens is 1. The summed E-state index contributed by atoms with van der Waals surface area (Å²) in [7, 11) is 0. The van der Waals surface area contributed by atoms with E-state index in [9.17, 15) is 14.7 Å². The first kappa shape index (κ1) is 16.1. The lowest BCUT2D eigenvalue weighted by Gasteiger charge is -2.39. The predicted octanol–water partition coefficient (Wildman–Crippen LogP) is 0.791. The first-order valence-electron chi connectivity index (χ1n) is 8.61.